The van der Waals surface area contributed by atoms with Crippen LogP contribution in [0.4, 0.5) is 4.39 Å². The van der Waals surface area contributed by atoms with Crippen LogP contribution in [0.25, 0.3) is 0 Å². The molecule has 16 heavy (non-hydrogen) atoms. The summed E-state index contributed by atoms with van der Waals surface area (Å²) in [5, 5.41) is 9.53. The smallest absolute Gasteiger partial charge is 0.123 e. The molecule has 0 spiro atoms. The summed E-state index contributed by atoms with van der Waals surface area (Å²) in [5.74, 6) is -0.174. The molecule has 1 atom stereocenters. The highest BCUT2D eigenvalue weighted by Crippen LogP contribution is 2.14. The molecule has 1 aliphatic rings. The summed E-state index contributed by atoms with van der Waals surface area (Å²) >= 11 is 0. The van der Waals surface area contributed by atoms with E-state index in [1.807, 2.05) is 6.07 Å². The fourth-order valence-electron chi connectivity index (χ4n) is 2.19. The van der Waals surface area contributed by atoms with Crippen molar-refractivity contribution in [2.45, 2.75) is 31.9 Å². The van der Waals surface area contributed by atoms with Crippen molar-refractivity contribution in [1.82, 2.24) is 4.90 Å². The first-order valence-corrected chi connectivity index (χ1v) is 5.89. The summed E-state index contributed by atoms with van der Waals surface area (Å²) in [6, 6.07) is 6.75. The standard InChI is InChI=1S/C13H18FNO/c14-12-4-1-3-11(9-12)10-15-7-2-5-13(16)6-8-15/h1,3-4,9,13,16H,2,5-8,10H2/t13-/m0/s1. The predicted octanol–water partition coefficient (Wildman–Crippen LogP) is 2.17. The Morgan fingerprint density at radius 1 is 1.31 bits per heavy atom. The maximum atomic E-state index is 13.0. The summed E-state index contributed by atoms with van der Waals surface area (Å²) in [6.07, 6.45) is 2.59. The number of halogens is 1. The lowest BCUT2D eigenvalue weighted by Crippen LogP contribution is -2.24. The van der Waals surface area contributed by atoms with Crippen molar-refractivity contribution in [3.8, 4) is 0 Å². The Labute approximate surface area is 95.7 Å². The Morgan fingerprint density at radius 2 is 2.19 bits per heavy atom. The van der Waals surface area contributed by atoms with E-state index in [9.17, 15) is 9.50 Å². The van der Waals surface area contributed by atoms with Gasteiger partial charge >= 0.3 is 0 Å². The third-order valence-electron chi connectivity index (χ3n) is 3.09. The summed E-state index contributed by atoms with van der Waals surface area (Å²) in [6.45, 7) is 2.68. The predicted molar refractivity (Wildman–Crippen MR) is 61.5 cm³/mol. The number of hydrogen-bond acceptors (Lipinski definition) is 2. The van der Waals surface area contributed by atoms with Gasteiger partial charge in [-0.25, -0.2) is 4.39 Å². The van der Waals surface area contributed by atoms with Gasteiger partial charge in [0.2, 0.25) is 0 Å². The van der Waals surface area contributed by atoms with Gasteiger partial charge in [-0.15, -0.1) is 0 Å². The zero-order valence-corrected chi connectivity index (χ0v) is 9.40. The molecule has 1 saturated heterocycles. The van der Waals surface area contributed by atoms with Gasteiger partial charge in [-0.05, 0) is 43.5 Å². The van der Waals surface area contributed by atoms with Crippen LogP contribution in [0.1, 0.15) is 24.8 Å². The second-order valence-corrected chi connectivity index (χ2v) is 4.49. The Bertz CT molecular complexity index is 342. The van der Waals surface area contributed by atoms with E-state index < -0.39 is 0 Å². The molecule has 3 heteroatoms. The molecule has 1 aromatic rings. The van der Waals surface area contributed by atoms with Crippen molar-refractivity contribution in [3.05, 3.63) is 35.6 Å². The fourth-order valence-corrected chi connectivity index (χ4v) is 2.19. The number of rotatable bonds is 2. The Balaban J connectivity index is 1.93. The molecule has 1 heterocycles. The van der Waals surface area contributed by atoms with Crippen molar-refractivity contribution >= 4 is 0 Å². The normalized spacial score (nSPS) is 23.0. The summed E-state index contributed by atoms with van der Waals surface area (Å²) in [5.41, 5.74) is 1.01. The van der Waals surface area contributed by atoms with Crippen molar-refractivity contribution in [2.24, 2.45) is 0 Å². The summed E-state index contributed by atoms with van der Waals surface area (Å²) < 4.78 is 13.0. The van der Waals surface area contributed by atoms with E-state index in [-0.39, 0.29) is 11.9 Å². The minimum absolute atomic E-state index is 0.155. The lowest BCUT2D eigenvalue weighted by molar-refractivity contribution is 0.154. The molecule has 1 N–H and O–H groups in total. The van der Waals surface area contributed by atoms with Gasteiger partial charge in [-0.3, -0.25) is 4.90 Å². The molecule has 0 bridgehead atoms. The van der Waals surface area contributed by atoms with Gasteiger partial charge in [0.1, 0.15) is 5.82 Å². The molecule has 0 unspecified atom stereocenters. The second-order valence-electron chi connectivity index (χ2n) is 4.49. The van der Waals surface area contributed by atoms with Gasteiger partial charge in [-0.1, -0.05) is 12.1 Å². The lowest BCUT2D eigenvalue weighted by atomic mass is 10.2. The summed E-state index contributed by atoms with van der Waals surface area (Å²) in [4.78, 5) is 2.28. The van der Waals surface area contributed by atoms with E-state index in [0.29, 0.717) is 0 Å². The molecule has 0 radical (unpaired) electrons. The first-order valence-electron chi connectivity index (χ1n) is 5.89. The fraction of sp³-hybridized carbons (Fsp3) is 0.538. The maximum Gasteiger partial charge on any atom is 0.123 e. The molecule has 1 aliphatic heterocycles. The molecular weight excluding hydrogens is 205 g/mol. The molecule has 0 saturated carbocycles. The average molecular weight is 223 g/mol. The molecule has 1 fully saturated rings. The van der Waals surface area contributed by atoms with E-state index in [4.69, 9.17) is 0 Å². The van der Waals surface area contributed by atoms with Crippen LogP contribution >= 0.6 is 0 Å². The molecule has 0 aliphatic carbocycles. The first kappa shape index (κ1) is 11.6. The molecular formula is C13H18FNO. The van der Waals surface area contributed by atoms with Gasteiger partial charge in [0.25, 0.3) is 0 Å². The maximum absolute atomic E-state index is 13.0. The first-order chi connectivity index (χ1) is 7.74. The highest BCUT2D eigenvalue weighted by atomic mass is 19.1. The van der Waals surface area contributed by atoms with Crippen LogP contribution in [0.2, 0.25) is 0 Å². The summed E-state index contributed by atoms with van der Waals surface area (Å²) in [7, 11) is 0. The quantitative estimate of drug-likeness (QED) is 0.830. The van der Waals surface area contributed by atoms with E-state index in [1.54, 1.807) is 12.1 Å². The minimum atomic E-state index is -0.174. The molecule has 2 nitrogen and oxygen atoms in total. The van der Waals surface area contributed by atoms with Crippen LogP contribution in [0, 0.1) is 5.82 Å². The lowest BCUT2D eigenvalue weighted by Gasteiger charge is -2.19. The van der Waals surface area contributed by atoms with Crippen LogP contribution in [0.3, 0.4) is 0 Å². The largest absolute Gasteiger partial charge is 0.393 e. The van der Waals surface area contributed by atoms with E-state index in [0.717, 1.165) is 44.5 Å². The van der Waals surface area contributed by atoms with E-state index in [2.05, 4.69) is 4.90 Å². The van der Waals surface area contributed by atoms with Gasteiger partial charge in [0.05, 0.1) is 6.10 Å². The SMILES string of the molecule is O[C@H]1CCCN(Cc2cccc(F)c2)CC1. The van der Waals surface area contributed by atoms with Crippen LogP contribution in [-0.2, 0) is 6.54 Å². The second kappa shape index (κ2) is 5.41. The average Bonchev–Trinajstić information content (AvgIpc) is 2.44. The molecule has 2 rings (SSSR count). The van der Waals surface area contributed by atoms with Crippen LogP contribution in [0.5, 0.6) is 0 Å². The Kier molecular flexibility index (Phi) is 3.91. The van der Waals surface area contributed by atoms with Crippen molar-refractivity contribution < 1.29 is 9.50 Å². The van der Waals surface area contributed by atoms with Gasteiger partial charge < -0.3 is 5.11 Å². The Hall–Kier alpha value is -0.930. The van der Waals surface area contributed by atoms with Crippen LogP contribution in [0.15, 0.2) is 24.3 Å². The highest BCUT2D eigenvalue weighted by molar-refractivity contribution is 5.16. The van der Waals surface area contributed by atoms with Gasteiger partial charge in [0, 0.05) is 13.1 Å². The number of nitrogens with zero attached hydrogens (tertiary/aromatic N) is 1. The van der Waals surface area contributed by atoms with Crippen molar-refractivity contribution in [3.63, 3.8) is 0 Å². The Morgan fingerprint density at radius 3 is 3.00 bits per heavy atom. The molecule has 88 valence electrons. The van der Waals surface area contributed by atoms with Crippen LogP contribution in [-0.4, -0.2) is 29.2 Å². The zero-order valence-electron chi connectivity index (χ0n) is 9.40. The number of likely N-dealkylation sites (tertiary alicyclic amines) is 1. The topological polar surface area (TPSA) is 23.5 Å². The van der Waals surface area contributed by atoms with Crippen LogP contribution < -0.4 is 0 Å². The molecule has 0 aromatic heterocycles. The zero-order chi connectivity index (χ0) is 11.4. The third kappa shape index (κ3) is 3.29. The van der Waals surface area contributed by atoms with Crippen molar-refractivity contribution in [2.75, 3.05) is 13.1 Å². The van der Waals surface area contributed by atoms with E-state index >= 15 is 0 Å². The third-order valence-corrected chi connectivity index (χ3v) is 3.09. The van der Waals surface area contributed by atoms with E-state index in [1.165, 1.54) is 6.07 Å². The van der Waals surface area contributed by atoms with Crippen molar-refractivity contribution in [1.29, 1.82) is 0 Å². The number of aliphatic hydroxyl groups excluding tert-OH is 1. The number of hydrogen-bond donors (Lipinski definition) is 1. The minimum Gasteiger partial charge on any atom is -0.393 e. The molecule has 0 amide bonds. The monoisotopic (exact) mass is 223 g/mol. The number of benzene rings is 1. The number of aliphatic hydroxyl groups is 1. The van der Waals surface area contributed by atoms with Gasteiger partial charge in [0.15, 0.2) is 0 Å². The molecule has 1 aromatic carbocycles. The van der Waals surface area contributed by atoms with Gasteiger partial charge in [-0.2, -0.15) is 0 Å². The highest BCUT2D eigenvalue weighted by Gasteiger charge is 2.14.